The number of carbonyl (C=O) groups excluding carboxylic acids is 2. The summed E-state index contributed by atoms with van der Waals surface area (Å²) in [7, 11) is 0. The average molecular weight is 783 g/mol. The first kappa shape index (κ1) is 41.6. The number of hydrogen-bond donors (Lipinski definition) is 0. The summed E-state index contributed by atoms with van der Waals surface area (Å²) in [6, 6.07) is 11.0. The Bertz CT molecular complexity index is 1670. The Hall–Kier alpha value is -3.56. The minimum atomic E-state index is -0.487. The third-order valence-corrected chi connectivity index (χ3v) is 12.9. The molecule has 2 aromatic carbocycles. The molecule has 6 rings (SSSR count). The molecule has 0 radical (unpaired) electrons. The number of rotatable bonds is 2. The van der Waals surface area contributed by atoms with Crippen molar-refractivity contribution in [3.05, 3.63) is 69.3 Å². The summed E-state index contributed by atoms with van der Waals surface area (Å²) in [4.78, 5) is 33.1. The fraction of sp³-hybridized carbons (Fsp3) is 0.600. The van der Waals surface area contributed by atoms with Crippen molar-refractivity contribution in [1.29, 1.82) is 10.5 Å². The number of hydrogen-bond acceptors (Lipinski definition) is 10. The summed E-state index contributed by atoms with van der Waals surface area (Å²) in [5.74, 6) is 0.873. The zero-order valence-electron chi connectivity index (χ0n) is 32.6. The Morgan fingerprint density at radius 1 is 0.667 bits per heavy atom. The van der Waals surface area contributed by atoms with E-state index in [4.69, 9.17) is 9.47 Å². The van der Waals surface area contributed by atoms with Crippen LogP contribution in [0.5, 0.6) is 0 Å². The van der Waals surface area contributed by atoms with E-state index in [1.807, 2.05) is 91.1 Å². The molecule has 4 aliphatic heterocycles. The second-order valence-corrected chi connectivity index (χ2v) is 18.8. The predicted octanol–water partition coefficient (Wildman–Crippen LogP) is 7.43. The molecule has 4 aliphatic rings. The number of benzene rings is 2. The SMILES string of the molecule is Cc1c([C@@H]2CN3CCN(C(=O)OC(C)(C)C)C[C@H]3CS2)ccc(F)c1C#N.Cc1c([C@H]2CN3CCN(C(=O)OC(C)(C)C)C[C@H]3CS2)ccc(F)c1C#N. The van der Waals surface area contributed by atoms with E-state index in [0.717, 1.165) is 59.9 Å². The lowest BCUT2D eigenvalue weighted by Crippen LogP contribution is -2.58. The van der Waals surface area contributed by atoms with E-state index in [1.165, 1.54) is 12.1 Å². The van der Waals surface area contributed by atoms with Crippen LogP contribution >= 0.6 is 23.5 Å². The maximum Gasteiger partial charge on any atom is 0.410 e. The molecule has 292 valence electrons. The molecule has 4 atom stereocenters. The van der Waals surface area contributed by atoms with Crippen molar-refractivity contribution in [3.8, 4) is 12.1 Å². The Morgan fingerprint density at radius 3 is 1.37 bits per heavy atom. The second kappa shape index (κ2) is 17.1. The van der Waals surface area contributed by atoms with Gasteiger partial charge in [-0.05, 0) is 89.8 Å². The van der Waals surface area contributed by atoms with E-state index in [2.05, 4.69) is 9.80 Å². The zero-order chi connectivity index (χ0) is 39.5. The normalized spacial score (nSPS) is 23.5. The van der Waals surface area contributed by atoms with E-state index in [-0.39, 0.29) is 33.8 Å². The average Bonchev–Trinajstić information content (AvgIpc) is 3.10. The van der Waals surface area contributed by atoms with Gasteiger partial charge in [0, 0.05) is 86.4 Å². The standard InChI is InChI=1S/2C20H26FN3O2S/c2*1-13-15(5-6-17(21)16(13)9-22)18-11-23-7-8-24(10-14(23)12-27-18)19(25)26-20(2,3)4/h2*5-6,14,18H,7-8,10-12H2,1-4H3/t14-,18+;14-,18-/m00/s1. The maximum absolute atomic E-state index is 13.8. The Morgan fingerprint density at radius 2 is 1.04 bits per heavy atom. The number of ether oxygens (including phenoxy) is 2. The number of halogens is 2. The lowest BCUT2D eigenvalue weighted by atomic mass is 9.99. The van der Waals surface area contributed by atoms with Crippen LogP contribution in [0.3, 0.4) is 0 Å². The summed E-state index contributed by atoms with van der Waals surface area (Å²) >= 11 is 3.63. The number of nitrogens with zero attached hydrogens (tertiary/aromatic N) is 6. The van der Waals surface area contributed by atoms with Gasteiger partial charge in [-0.3, -0.25) is 9.80 Å². The minimum Gasteiger partial charge on any atom is -0.444 e. The lowest BCUT2D eigenvalue weighted by molar-refractivity contribution is 0.00481. The topological polar surface area (TPSA) is 113 Å². The van der Waals surface area contributed by atoms with Gasteiger partial charge >= 0.3 is 12.2 Å². The van der Waals surface area contributed by atoms with Crippen LogP contribution in [-0.2, 0) is 9.47 Å². The van der Waals surface area contributed by atoms with Crippen LogP contribution in [0.2, 0.25) is 0 Å². The summed E-state index contributed by atoms with van der Waals surface area (Å²) in [5, 5.41) is 18.8. The highest BCUT2D eigenvalue weighted by atomic mass is 32.2. The van der Waals surface area contributed by atoms with Crippen molar-refractivity contribution < 1.29 is 27.8 Å². The summed E-state index contributed by atoms with van der Waals surface area (Å²) in [6.45, 7) is 20.8. The number of piperazine rings is 2. The largest absolute Gasteiger partial charge is 0.444 e. The molecule has 0 N–H and O–H groups in total. The van der Waals surface area contributed by atoms with Crippen molar-refractivity contribution in [2.24, 2.45) is 0 Å². The molecular weight excluding hydrogens is 731 g/mol. The number of carbonyl (C=O) groups is 2. The van der Waals surface area contributed by atoms with Crippen LogP contribution in [0.25, 0.3) is 0 Å². The number of fused-ring (bicyclic) bond motifs is 2. The first-order chi connectivity index (χ1) is 25.4. The van der Waals surface area contributed by atoms with Gasteiger partial charge in [0.25, 0.3) is 0 Å². The molecule has 54 heavy (non-hydrogen) atoms. The van der Waals surface area contributed by atoms with Crippen molar-refractivity contribution in [2.75, 3.05) is 63.9 Å². The lowest BCUT2D eigenvalue weighted by Gasteiger charge is -2.46. The number of thioether (sulfide) groups is 2. The molecule has 0 bridgehead atoms. The van der Waals surface area contributed by atoms with Gasteiger partial charge in [0.15, 0.2) is 0 Å². The zero-order valence-corrected chi connectivity index (χ0v) is 34.2. The van der Waals surface area contributed by atoms with E-state index < -0.39 is 22.8 Å². The fourth-order valence-electron chi connectivity index (χ4n) is 7.29. The highest BCUT2D eigenvalue weighted by molar-refractivity contribution is 7.99. The van der Waals surface area contributed by atoms with Gasteiger partial charge in [0.05, 0.1) is 11.1 Å². The van der Waals surface area contributed by atoms with Crippen molar-refractivity contribution in [1.82, 2.24) is 19.6 Å². The Kier molecular flexibility index (Phi) is 13.1. The molecule has 0 aliphatic carbocycles. The van der Waals surface area contributed by atoms with Crippen LogP contribution < -0.4 is 0 Å². The molecule has 0 aromatic heterocycles. The maximum atomic E-state index is 13.8. The van der Waals surface area contributed by atoms with Gasteiger partial charge in [-0.25, -0.2) is 18.4 Å². The third kappa shape index (κ3) is 9.99. The third-order valence-electron chi connectivity index (χ3n) is 10.1. The quantitative estimate of drug-likeness (QED) is 0.305. The van der Waals surface area contributed by atoms with E-state index in [0.29, 0.717) is 38.3 Å². The molecule has 0 spiro atoms. The first-order valence-corrected chi connectivity index (χ1v) is 20.5. The highest BCUT2D eigenvalue weighted by Gasteiger charge is 2.39. The number of nitriles is 2. The van der Waals surface area contributed by atoms with Crippen LogP contribution in [0, 0.1) is 48.1 Å². The van der Waals surface area contributed by atoms with Gasteiger partial charge in [0.1, 0.15) is 35.0 Å². The molecule has 14 heteroatoms. The second-order valence-electron chi connectivity index (χ2n) is 16.3. The van der Waals surface area contributed by atoms with E-state index >= 15 is 0 Å². The van der Waals surface area contributed by atoms with Gasteiger partial charge in [-0.1, -0.05) is 12.1 Å². The molecule has 2 amide bonds. The van der Waals surface area contributed by atoms with Crippen LogP contribution in [0.1, 0.15) is 85.4 Å². The van der Waals surface area contributed by atoms with Crippen LogP contribution in [-0.4, -0.2) is 119 Å². The molecule has 0 saturated carbocycles. The molecule has 0 unspecified atom stereocenters. The summed E-state index contributed by atoms with van der Waals surface area (Å²) in [6.07, 6.45) is -0.496. The van der Waals surface area contributed by atoms with Gasteiger partial charge in [-0.15, -0.1) is 0 Å². The monoisotopic (exact) mass is 782 g/mol. The van der Waals surface area contributed by atoms with Crippen LogP contribution in [0.4, 0.5) is 18.4 Å². The Labute approximate surface area is 327 Å². The van der Waals surface area contributed by atoms with Crippen molar-refractivity contribution in [3.63, 3.8) is 0 Å². The Balaban J connectivity index is 0.000000208. The van der Waals surface area contributed by atoms with Gasteiger partial charge < -0.3 is 19.3 Å². The minimum absolute atomic E-state index is 0.143. The fourth-order valence-corrected chi connectivity index (χ4v) is 10.3. The molecule has 4 fully saturated rings. The molecule has 2 aromatic rings. The van der Waals surface area contributed by atoms with Gasteiger partial charge in [0.2, 0.25) is 0 Å². The highest BCUT2D eigenvalue weighted by Crippen LogP contribution is 2.40. The van der Waals surface area contributed by atoms with Crippen molar-refractivity contribution in [2.45, 2.75) is 89.2 Å². The number of amides is 2. The smallest absolute Gasteiger partial charge is 0.410 e. The predicted molar refractivity (Wildman–Crippen MR) is 208 cm³/mol. The van der Waals surface area contributed by atoms with E-state index in [9.17, 15) is 28.9 Å². The first-order valence-electron chi connectivity index (χ1n) is 18.4. The molecule has 4 saturated heterocycles. The van der Waals surface area contributed by atoms with Crippen molar-refractivity contribution >= 4 is 35.7 Å². The molecule has 10 nitrogen and oxygen atoms in total. The van der Waals surface area contributed by atoms with E-state index in [1.54, 1.807) is 21.9 Å². The molecule has 4 heterocycles. The summed E-state index contributed by atoms with van der Waals surface area (Å²) in [5.41, 5.74) is 2.85. The van der Waals surface area contributed by atoms with Crippen LogP contribution in [0.15, 0.2) is 24.3 Å². The molecular formula is C40H52F2N6O4S2. The van der Waals surface area contributed by atoms with Gasteiger partial charge in [-0.2, -0.15) is 34.0 Å². The summed E-state index contributed by atoms with van der Waals surface area (Å²) < 4.78 is 38.6.